The molecule has 0 spiro atoms. The SMILES string of the molecule is CCO/N=C(/CC)C1=C(OS(=O)(=O)c2ccc(C)cc2)CC(c2c(C)c(C)c(C)c3c2OCC3)CC1=O. The molecule has 0 aromatic heterocycles. The van der Waals surface area contributed by atoms with Gasteiger partial charge in [-0.2, -0.15) is 8.42 Å². The number of carbonyl (C=O) groups excluding carboxylic acids is 1. The van der Waals surface area contributed by atoms with Crippen LogP contribution in [0.2, 0.25) is 0 Å². The van der Waals surface area contributed by atoms with Crippen LogP contribution >= 0.6 is 0 Å². The highest BCUT2D eigenvalue weighted by Gasteiger charge is 2.38. The van der Waals surface area contributed by atoms with Gasteiger partial charge in [0.2, 0.25) is 0 Å². The Kier molecular flexibility index (Phi) is 7.78. The van der Waals surface area contributed by atoms with Crippen LogP contribution in [0, 0.1) is 27.7 Å². The fourth-order valence-electron chi connectivity index (χ4n) is 5.22. The third-order valence-electron chi connectivity index (χ3n) is 7.38. The maximum Gasteiger partial charge on any atom is 0.338 e. The molecule has 1 aliphatic carbocycles. The molecule has 1 aliphatic heterocycles. The molecule has 0 N–H and O–H groups in total. The van der Waals surface area contributed by atoms with E-state index in [-0.39, 0.29) is 40.8 Å². The molecule has 0 amide bonds. The van der Waals surface area contributed by atoms with E-state index in [0.29, 0.717) is 25.3 Å². The van der Waals surface area contributed by atoms with Gasteiger partial charge in [0, 0.05) is 36.3 Å². The minimum atomic E-state index is -4.17. The van der Waals surface area contributed by atoms with Gasteiger partial charge in [-0.3, -0.25) is 4.79 Å². The summed E-state index contributed by atoms with van der Waals surface area (Å²) in [5.74, 6) is 0.443. The fourth-order valence-corrected chi connectivity index (χ4v) is 6.20. The Morgan fingerprint density at radius 1 is 1.03 bits per heavy atom. The lowest BCUT2D eigenvalue weighted by molar-refractivity contribution is -0.116. The molecular formula is C29H35NO6S. The number of nitrogens with zero attached hydrogens (tertiary/aromatic N) is 1. The summed E-state index contributed by atoms with van der Waals surface area (Å²) < 4.78 is 38.5. The summed E-state index contributed by atoms with van der Waals surface area (Å²) in [5.41, 5.74) is 7.10. The lowest BCUT2D eigenvalue weighted by Gasteiger charge is -2.29. The van der Waals surface area contributed by atoms with Gasteiger partial charge in [-0.1, -0.05) is 29.8 Å². The summed E-state index contributed by atoms with van der Waals surface area (Å²) in [7, 11) is -4.17. The first-order valence-corrected chi connectivity index (χ1v) is 14.2. The highest BCUT2D eigenvalue weighted by Crippen LogP contribution is 2.46. The lowest BCUT2D eigenvalue weighted by Crippen LogP contribution is -2.26. The number of ketones is 1. The van der Waals surface area contributed by atoms with Crippen LogP contribution in [0.25, 0.3) is 0 Å². The van der Waals surface area contributed by atoms with Crippen LogP contribution in [0.1, 0.15) is 72.4 Å². The molecule has 4 rings (SSSR count). The van der Waals surface area contributed by atoms with E-state index in [9.17, 15) is 13.2 Å². The van der Waals surface area contributed by atoms with Gasteiger partial charge >= 0.3 is 10.1 Å². The fraction of sp³-hybridized carbons (Fsp3) is 0.448. The molecular weight excluding hydrogens is 490 g/mol. The Bertz CT molecular complexity index is 1390. The first-order valence-electron chi connectivity index (χ1n) is 12.8. The number of hydrogen-bond acceptors (Lipinski definition) is 7. The number of Topliss-reactive ketones (excluding diaryl/α,β-unsaturated/α-hetero) is 1. The predicted octanol–water partition coefficient (Wildman–Crippen LogP) is 5.76. The van der Waals surface area contributed by atoms with Crippen molar-refractivity contribution >= 4 is 21.6 Å². The molecule has 2 aromatic carbocycles. The Labute approximate surface area is 219 Å². The molecule has 2 aliphatic rings. The molecule has 1 unspecified atom stereocenters. The van der Waals surface area contributed by atoms with Crippen molar-refractivity contribution in [1.29, 1.82) is 0 Å². The number of benzene rings is 2. The molecule has 0 bridgehead atoms. The van der Waals surface area contributed by atoms with Crippen molar-refractivity contribution < 1.29 is 27.0 Å². The van der Waals surface area contributed by atoms with Crippen LogP contribution in [-0.2, 0) is 30.4 Å². The normalized spacial score (nSPS) is 18.1. The number of ether oxygens (including phenoxy) is 1. The quantitative estimate of drug-likeness (QED) is 0.247. The Morgan fingerprint density at radius 2 is 1.73 bits per heavy atom. The highest BCUT2D eigenvalue weighted by molar-refractivity contribution is 7.86. The van der Waals surface area contributed by atoms with E-state index in [4.69, 9.17) is 13.8 Å². The van der Waals surface area contributed by atoms with Crippen molar-refractivity contribution in [2.75, 3.05) is 13.2 Å². The largest absolute Gasteiger partial charge is 0.493 e. The van der Waals surface area contributed by atoms with Crippen LogP contribution in [0.5, 0.6) is 5.75 Å². The van der Waals surface area contributed by atoms with Crippen LogP contribution in [-0.4, -0.2) is 33.1 Å². The number of fused-ring (bicyclic) bond motifs is 1. The van der Waals surface area contributed by atoms with Gasteiger partial charge in [-0.15, -0.1) is 0 Å². The summed E-state index contributed by atoms with van der Waals surface area (Å²) in [6.45, 7) is 12.7. The molecule has 0 saturated heterocycles. The third kappa shape index (κ3) is 5.17. The van der Waals surface area contributed by atoms with Gasteiger partial charge in [-0.05, 0) is 69.9 Å². The summed E-state index contributed by atoms with van der Waals surface area (Å²) >= 11 is 0. The van der Waals surface area contributed by atoms with Gasteiger partial charge in [0.1, 0.15) is 23.0 Å². The summed E-state index contributed by atoms with van der Waals surface area (Å²) in [4.78, 5) is 19.0. The van der Waals surface area contributed by atoms with Crippen molar-refractivity contribution in [1.82, 2.24) is 0 Å². The molecule has 8 heteroatoms. The standard InChI is InChI=1S/C29H35NO6S/c1-7-24(30-35-8-2)28-25(31)15-21(27-20(6)18(4)19(5)23-13-14-34-29(23)27)16-26(28)36-37(32,33)22-11-9-17(3)10-12-22/h9-12,21H,7-8,13-16H2,1-6H3/b30-24-. The van der Waals surface area contributed by atoms with Gasteiger partial charge < -0.3 is 13.8 Å². The number of aryl methyl sites for hydroxylation is 1. The Balaban J connectivity index is 1.84. The van der Waals surface area contributed by atoms with Crippen molar-refractivity contribution in [3.63, 3.8) is 0 Å². The Hall–Kier alpha value is -3.13. The molecule has 198 valence electrons. The average Bonchev–Trinajstić information content (AvgIpc) is 3.34. The molecule has 37 heavy (non-hydrogen) atoms. The lowest BCUT2D eigenvalue weighted by atomic mass is 9.77. The smallest absolute Gasteiger partial charge is 0.338 e. The predicted molar refractivity (Wildman–Crippen MR) is 143 cm³/mol. The van der Waals surface area contributed by atoms with Crippen LogP contribution in [0.3, 0.4) is 0 Å². The summed E-state index contributed by atoms with van der Waals surface area (Å²) in [6.07, 6.45) is 1.65. The van der Waals surface area contributed by atoms with Gasteiger partial charge in [0.15, 0.2) is 5.78 Å². The van der Waals surface area contributed by atoms with Crippen molar-refractivity contribution in [3.05, 3.63) is 69.0 Å². The minimum absolute atomic E-state index is 0.0332. The molecule has 1 atom stereocenters. The van der Waals surface area contributed by atoms with Gasteiger partial charge in [0.05, 0.1) is 17.9 Å². The average molecular weight is 526 g/mol. The molecule has 1 heterocycles. The minimum Gasteiger partial charge on any atom is -0.493 e. The second-order valence-electron chi connectivity index (χ2n) is 9.68. The summed E-state index contributed by atoms with van der Waals surface area (Å²) in [6, 6.07) is 6.45. The zero-order valence-electron chi connectivity index (χ0n) is 22.4. The summed E-state index contributed by atoms with van der Waals surface area (Å²) in [5, 5.41) is 4.14. The maximum absolute atomic E-state index is 13.7. The molecule has 2 aromatic rings. The van der Waals surface area contributed by atoms with E-state index >= 15 is 0 Å². The zero-order valence-corrected chi connectivity index (χ0v) is 23.3. The second kappa shape index (κ2) is 10.7. The third-order valence-corrected chi connectivity index (χ3v) is 8.65. The van der Waals surface area contributed by atoms with Gasteiger partial charge in [0.25, 0.3) is 0 Å². The molecule has 7 nitrogen and oxygen atoms in total. The zero-order chi connectivity index (χ0) is 26.9. The second-order valence-corrected chi connectivity index (χ2v) is 11.2. The monoisotopic (exact) mass is 525 g/mol. The van der Waals surface area contributed by atoms with Crippen molar-refractivity contribution in [2.45, 2.75) is 78.0 Å². The first-order chi connectivity index (χ1) is 17.6. The van der Waals surface area contributed by atoms with Crippen molar-refractivity contribution in [3.8, 4) is 5.75 Å². The van der Waals surface area contributed by atoms with Crippen LogP contribution in [0.15, 0.2) is 45.6 Å². The molecule has 0 fully saturated rings. The van der Waals surface area contributed by atoms with Gasteiger partial charge in [-0.25, -0.2) is 0 Å². The van der Waals surface area contributed by atoms with E-state index in [0.717, 1.165) is 28.9 Å². The highest BCUT2D eigenvalue weighted by atomic mass is 32.2. The van der Waals surface area contributed by atoms with Crippen LogP contribution in [0.4, 0.5) is 0 Å². The van der Waals surface area contributed by atoms with E-state index in [1.807, 2.05) is 20.8 Å². The van der Waals surface area contributed by atoms with E-state index in [1.165, 1.54) is 28.8 Å². The van der Waals surface area contributed by atoms with Crippen molar-refractivity contribution in [2.24, 2.45) is 5.16 Å². The topological polar surface area (TPSA) is 91.3 Å². The van der Waals surface area contributed by atoms with Crippen LogP contribution < -0.4 is 4.74 Å². The number of carbonyl (C=O) groups is 1. The first kappa shape index (κ1) is 26.9. The van der Waals surface area contributed by atoms with E-state index in [1.54, 1.807) is 19.1 Å². The van der Waals surface area contributed by atoms with E-state index in [2.05, 4.69) is 19.0 Å². The maximum atomic E-state index is 13.7. The molecule has 0 saturated carbocycles. The number of hydrogen-bond donors (Lipinski definition) is 0. The number of rotatable bonds is 8. The number of oxime groups is 1. The number of allylic oxidation sites excluding steroid dienone is 2. The molecule has 0 radical (unpaired) electrons. The van der Waals surface area contributed by atoms with E-state index < -0.39 is 10.1 Å². The Morgan fingerprint density at radius 3 is 2.38 bits per heavy atom.